The Morgan fingerprint density at radius 1 is 1.17 bits per heavy atom. The standard InChI is InChI=1S/C32H46O10/c1-14(2)18-8-7-15(3)11-30(18,38)12-22(34)42-24-23-17(5)25(35)32(39)28-29(6)19(16(4)9-20(33)26(29)36)10-21(41-27(24)37)31(23,28)13-40-32/h9,14-15,17-19,21,23-26,28,35-36,38-39H,7-8,10-13H2,1-6H3/t15?,17-,18?,19+,21-,23-,24-,25-,26-,28-,29-,30-,31+,32-/m1/s1. The second kappa shape index (κ2) is 9.57. The molecule has 2 unspecified atom stereocenters. The molecule has 1 spiro atoms. The number of aliphatic hydroxyl groups excluding tert-OH is 2. The summed E-state index contributed by atoms with van der Waals surface area (Å²) in [7, 11) is 0. The quantitative estimate of drug-likeness (QED) is 0.356. The third-order valence-electron chi connectivity index (χ3n) is 12.5. The van der Waals surface area contributed by atoms with Crippen LogP contribution in [0.2, 0.25) is 0 Å². The Morgan fingerprint density at radius 2 is 1.86 bits per heavy atom. The first-order chi connectivity index (χ1) is 19.5. The van der Waals surface area contributed by atoms with E-state index in [9.17, 15) is 34.8 Å². The van der Waals surface area contributed by atoms with Crippen molar-refractivity contribution in [3.63, 3.8) is 0 Å². The maximum Gasteiger partial charge on any atom is 0.348 e. The molecule has 2 saturated heterocycles. The number of rotatable bonds is 4. The summed E-state index contributed by atoms with van der Waals surface area (Å²) in [6.45, 7) is 11.2. The Balaban J connectivity index is 1.38. The molecule has 4 N–H and O–H groups in total. The van der Waals surface area contributed by atoms with Crippen LogP contribution in [0.5, 0.6) is 0 Å². The number of fused-ring (bicyclic) bond motifs is 1. The summed E-state index contributed by atoms with van der Waals surface area (Å²) in [6, 6.07) is 0. The highest BCUT2D eigenvalue weighted by atomic mass is 16.7. The molecule has 14 atom stereocenters. The molecule has 42 heavy (non-hydrogen) atoms. The van der Waals surface area contributed by atoms with Gasteiger partial charge in [0.1, 0.15) is 18.3 Å². The molecule has 2 aliphatic heterocycles. The average Bonchev–Trinajstić information content (AvgIpc) is 3.18. The molecule has 3 saturated carbocycles. The molecule has 234 valence electrons. The number of hydrogen-bond donors (Lipinski definition) is 4. The van der Waals surface area contributed by atoms with Gasteiger partial charge in [-0.3, -0.25) is 9.59 Å². The number of ether oxygens (including phenoxy) is 3. The van der Waals surface area contributed by atoms with Crippen LogP contribution < -0.4 is 0 Å². The van der Waals surface area contributed by atoms with Gasteiger partial charge < -0.3 is 34.6 Å². The van der Waals surface area contributed by atoms with E-state index < -0.39 is 88.0 Å². The van der Waals surface area contributed by atoms with Gasteiger partial charge in [-0.1, -0.05) is 46.6 Å². The minimum atomic E-state index is -2.11. The van der Waals surface area contributed by atoms with E-state index in [1.807, 2.05) is 13.8 Å². The van der Waals surface area contributed by atoms with Crippen LogP contribution in [0.25, 0.3) is 0 Å². The van der Waals surface area contributed by atoms with E-state index in [-0.39, 0.29) is 30.8 Å². The highest BCUT2D eigenvalue weighted by Gasteiger charge is 2.83. The number of aliphatic hydroxyl groups is 4. The molecule has 2 bridgehead atoms. The van der Waals surface area contributed by atoms with Gasteiger partial charge in [0, 0.05) is 22.7 Å². The maximum absolute atomic E-state index is 13.7. The zero-order valence-corrected chi connectivity index (χ0v) is 25.4. The van der Waals surface area contributed by atoms with Crippen LogP contribution >= 0.6 is 0 Å². The predicted molar refractivity (Wildman–Crippen MR) is 147 cm³/mol. The summed E-state index contributed by atoms with van der Waals surface area (Å²) in [5.74, 6) is -6.77. The molecule has 2 heterocycles. The van der Waals surface area contributed by atoms with Crippen LogP contribution in [0.1, 0.15) is 73.6 Å². The van der Waals surface area contributed by atoms with Crippen molar-refractivity contribution in [2.75, 3.05) is 6.61 Å². The maximum atomic E-state index is 13.7. The lowest BCUT2D eigenvalue weighted by atomic mass is 9.38. The van der Waals surface area contributed by atoms with Gasteiger partial charge in [-0.05, 0) is 61.9 Å². The number of esters is 2. The highest BCUT2D eigenvalue weighted by molar-refractivity contribution is 5.96. The van der Waals surface area contributed by atoms with Gasteiger partial charge in [0.2, 0.25) is 6.10 Å². The molecule has 0 aromatic rings. The third-order valence-corrected chi connectivity index (χ3v) is 12.5. The van der Waals surface area contributed by atoms with E-state index in [2.05, 4.69) is 6.92 Å². The van der Waals surface area contributed by atoms with Crippen LogP contribution in [0.15, 0.2) is 11.6 Å². The van der Waals surface area contributed by atoms with Crippen LogP contribution in [0.4, 0.5) is 0 Å². The first-order valence-corrected chi connectivity index (χ1v) is 15.6. The Bertz CT molecular complexity index is 1210. The predicted octanol–water partition coefficient (Wildman–Crippen LogP) is 1.90. The largest absolute Gasteiger partial charge is 0.459 e. The lowest BCUT2D eigenvalue weighted by Crippen LogP contribution is -2.78. The van der Waals surface area contributed by atoms with Crippen molar-refractivity contribution >= 4 is 17.7 Å². The summed E-state index contributed by atoms with van der Waals surface area (Å²) >= 11 is 0. The van der Waals surface area contributed by atoms with Crippen molar-refractivity contribution in [3.05, 3.63) is 11.6 Å². The molecule has 0 aromatic heterocycles. The topological polar surface area (TPSA) is 160 Å². The number of carbonyl (C=O) groups excluding carboxylic acids is 3. The molecule has 4 aliphatic carbocycles. The Hall–Kier alpha value is -1.85. The number of ketones is 1. The van der Waals surface area contributed by atoms with Crippen LogP contribution in [-0.2, 0) is 28.6 Å². The molecular weight excluding hydrogens is 544 g/mol. The molecule has 0 amide bonds. The van der Waals surface area contributed by atoms with Gasteiger partial charge >= 0.3 is 11.9 Å². The Morgan fingerprint density at radius 3 is 2.52 bits per heavy atom. The summed E-state index contributed by atoms with van der Waals surface area (Å²) in [5, 5.41) is 46.6. The van der Waals surface area contributed by atoms with Crippen molar-refractivity contribution in [3.8, 4) is 0 Å². The van der Waals surface area contributed by atoms with Gasteiger partial charge in [0.05, 0.1) is 18.6 Å². The fourth-order valence-electron chi connectivity index (χ4n) is 10.9. The summed E-state index contributed by atoms with van der Waals surface area (Å²) in [4.78, 5) is 40.2. The Kier molecular flexibility index (Phi) is 6.88. The number of allylic oxidation sites excluding steroid dienone is 1. The zero-order valence-electron chi connectivity index (χ0n) is 25.4. The smallest absolute Gasteiger partial charge is 0.348 e. The van der Waals surface area contributed by atoms with Crippen molar-refractivity contribution < 1.29 is 49.0 Å². The lowest BCUT2D eigenvalue weighted by molar-refractivity contribution is -0.340. The first kappa shape index (κ1) is 30.2. The zero-order chi connectivity index (χ0) is 30.7. The second-order valence-corrected chi connectivity index (χ2v) is 15.1. The van der Waals surface area contributed by atoms with E-state index in [1.54, 1.807) is 20.8 Å². The summed E-state index contributed by atoms with van der Waals surface area (Å²) < 4.78 is 18.0. The SMILES string of the molecule is CC1=CC(=O)[C@@H](O)[C@]2(C)[C@H]3[C@]4(O)OC[C@]35[C@H]([C@@H](C)[C@H]4O)[C@@H](OC(=O)C[C@]3(O)CC(C)CCC3C(C)C)C(=O)O[C@@H]5C[C@@H]12. The monoisotopic (exact) mass is 590 g/mol. The van der Waals surface area contributed by atoms with Crippen molar-refractivity contribution in [1.82, 2.24) is 0 Å². The third kappa shape index (κ3) is 3.77. The van der Waals surface area contributed by atoms with E-state index in [1.165, 1.54) is 6.08 Å². The fraction of sp³-hybridized carbons (Fsp3) is 0.844. The van der Waals surface area contributed by atoms with Gasteiger partial charge in [-0.15, -0.1) is 0 Å². The van der Waals surface area contributed by atoms with E-state index >= 15 is 0 Å². The average molecular weight is 591 g/mol. The van der Waals surface area contributed by atoms with Crippen LogP contribution in [0.3, 0.4) is 0 Å². The van der Waals surface area contributed by atoms with E-state index in [4.69, 9.17) is 14.2 Å². The molecule has 10 nitrogen and oxygen atoms in total. The summed E-state index contributed by atoms with van der Waals surface area (Å²) in [6.07, 6.45) is -1.52. The number of carbonyl (C=O) groups is 3. The van der Waals surface area contributed by atoms with Crippen LogP contribution in [0, 0.1) is 52.3 Å². The normalized spacial score (nSPS) is 53.2. The molecular formula is C32H46O10. The van der Waals surface area contributed by atoms with Crippen LogP contribution in [-0.4, -0.2) is 80.6 Å². The lowest BCUT2D eigenvalue weighted by Gasteiger charge is -2.68. The van der Waals surface area contributed by atoms with E-state index in [0.29, 0.717) is 18.4 Å². The molecule has 6 rings (SSSR count). The molecule has 5 fully saturated rings. The van der Waals surface area contributed by atoms with E-state index in [0.717, 1.165) is 12.8 Å². The molecule has 10 heteroatoms. The van der Waals surface area contributed by atoms with Crippen molar-refractivity contribution in [1.29, 1.82) is 0 Å². The minimum absolute atomic E-state index is 0.0996. The molecule has 0 aromatic carbocycles. The molecule has 0 radical (unpaired) electrons. The van der Waals surface area contributed by atoms with Gasteiger partial charge in [0.25, 0.3) is 0 Å². The van der Waals surface area contributed by atoms with Crippen molar-refractivity contribution in [2.24, 2.45) is 52.3 Å². The first-order valence-electron chi connectivity index (χ1n) is 15.6. The van der Waals surface area contributed by atoms with Gasteiger partial charge in [-0.25, -0.2) is 4.79 Å². The second-order valence-electron chi connectivity index (χ2n) is 15.1. The van der Waals surface area contributed by atoms with Gasteiger partial charge in [0.15, 0.2) is 11.6 Å². The van der Waals surface area contributed by atoms with Gasteiger partial charge in [-0.2, -0.15) is 0 Å². The Labute approximate surface area is 246 Å². The molecule has 6 aliphatic rings. The summed E-state index contributed by atoms with van der Waals surface area (Å²) in [5.41, 5.74) is -2.95. The minimum Gasteiger partial charge on any atom is -0.459 e. The number of hydrogen-bond acceptors (Lipinski definition) is 10. The van der Waals surface area contributed by atoms with Crippen molar-refractivity contribution in [2.45, 2.75) is 109 Å². The fourth-order valence-corrected chi connectivity index (χ4v) is 10.9. The highest BCUT2D eigenvalue weighted by Crippen LogP contribution is 2.73.